The van der Waals surface area contributed by atoms with Crippen LogP contribution in [0.4, 0.5) is 4.79 Å². The Balaban J connectivity index is 1.86. The number of ether oxygens (including phenoxy) is 1. The Labute approximate surface area is 160 Å². The molecule has 1 aliphatic rings. The molecule has 0 aromatic heterocycles. The standard InChI is InChI=1S/C20H17BrN2O3/c1-2-10-26-18-9-8-16(21)11-15(18)12-17-19(24)23(20(25)22-17)13-14-6-4-3-5-7-14/h2-9,11-12H,1,10,13H2,(H,22,25)/b17-12+. The molecule has 3 amide bonds. The molecule has 1 fully saturated rings. The lowest BCUT2D eigenvalue weighted by molar-refractivity contribution is -0.123. The SMILES string of the molecule is C=CCOc1ccc(Br)cc1/C=C1/NC(=O)N(Cc2ccccc2)C1=O. The first-order chi connectivity index (χ1) is 12.6. The molecule has 26 heavy (non-hydrogen) atoms. The van der Waals surface area contributed by atoms with Gasteiger partial charge in [0, 0.05) is 10.0 Å². The zero-order valence-electron chi connectivity index (χ0n) is 13.9. The summed E-state index contributed by atoms with van der Waals surface area (Å²) in [5.74, 6) is 0.234. The monoisotopic (exact) mass is 412 g/mol. The fourth-order valence-corrected chi connectivity index (χ4v) is 2.93. The topological polar surface area (TPSA) is 58.6 Å². The van der Waals surface area contributed by atoms with E-state index in [1.807, 2.05) is 42.5 Å². The third-order valence-electron chi connectivity index (χ3n) is 3.77. The third kappa shape index (κ3) is 4.03. The van der Waals surface area contributed by atoms with Crippen molar-refractivity contribution in [2.24, 2.45) is 0 Å². The fourth-order valence-electron chi connectivity index (χ4n) is 2.55. The highest BCUT2D eigenvalue weighted by molar-refractivity contribution is 9.10. The van der Waals surface area contributed by atoms with Crippen LogP contribution >= 0.6 is 15.9 Å². The highest BCUT2D eigenvalue weighted by Gasteiger charge is 2.33. The second-order valence-corrected chi connectivity index (χ2v) is 6.56. The molecular formula is C20H17BrN2O3. The number of carbonyl (C=O) groups excluding carboxylic acids is 2. The number of imide groups is 1. The lowest BCUT2D eigenvalue weighted by Crippen LogP contribution is -2.30. The smallest absolute Gasteiger partial charge is 0.329 e. The van der Waals surface area contributed by atoms with Crippen molar-refractivity contribution in [3.8, 4) is 5.75 Å². The van der Waals surface area contributed by atoms with Crippen LogP contribution in [0.2, 0.25) is 0 Å². The van der Waals surface area contributed by atoms with Gasteiger partial charge in [0.05, 0.1) is 6.54 Å². The number of halogens is 1. The largest absolute Gasteiger partial charge is 0.489 e. The first-order valence-electron chi connectivity index (χ1n) is 8.00. The van der Waals surface area contributed by atoms with Crippen LogP contribution in [0.1, 0.15) is 11.1 Å². The van der Waals surface area contributed by atoms with Crippen molar-refractivity contribution in [3.63, 3.8) is 0 Å². The number of rotatable bonds is 6. The minimum Gasteiger partial charge on any atom is -0.489 e. The minimum atomic E-state index is -0.436. The van der Waals surface area contributed by atoms with Crippen LogP contribution in [0.15, 0.2) is 71.4 Å². The molecule has 3 rings (SSSR count). The molecule has 0 spiro atoms. The fraction of sp³-hybridized carbons (Fsp3) is 0.100. The molecular weight excluding hydrogens is 396 g/mol. The van der Waals surface area contributed by atoms with E-state index in [-0.39, 0.29) is 18.1 Å². The van der Waals surface area contributed by atoms with Crippen molar-refractivity contribution in [3.05, 3.63) is 82.5 Å². The zero-order valence-corrected chi connectivity index (χ0v) is 15.5. The van der Waals surface area contributed by atoms with E-state index in [0.29, 0.717) is 17.9 Å². The first kappa shape index (κ1) is 17.9. The molecule has 0 bridgehead atoms. The molecule has 0 radical (unpaired) electrons. The molecule has 2 aromatic carbocycles. The lowest BCUT2D eigenvalue weighted by Gasteiger charge is -2.11. The zero-order chi connectivity index (χ0) is 18.5. The van der Waals surface area contributed by atoms with Crippen molar-refractivity contribution >= 4 is 33.9 Å². The van der Waals surface area contributed by atoms with Crippen molar-refractivity contribution < 1.29 is 14.3 Å². The number of nitrogens with one attached hydrogen (secondary N) is 1. The maximum Gasteiger partial charge on any atom is 0.329 e. The average Bonchev–Trinajstić information content (AvgIpc) is 2.89. The van der Waals surface area contributed by atoms with Crippen LogP contribution in [-0.4, -0.2) is 23.4 Å². The summed E-state index contributed by atoms with van der Waals surface area (Å²) in [6.07, 6.45) is 3.26. The predicted molar refractivity (Wildman–Crippen MR) is 103 cm³/mol. The van der Waals surface area contributed by atoms with E-state index in [9.17, 15) is 9.59 Å². The maximum absolute atomic E-state index is 12.6. The van der Waals surface area contributed by atoms with E-state index in [4.69, 9.17) is 4.74 Å². The third-order valence-corrected chi connectivity index (χ3v) is 4.27. The molecule has 1 saturated heterocycles. The van der Waals surface area contributed by atoms with E-state index in [1.165, 1.54) is 4.90 Å². The van der Waals surface area contributed by atoms with Crippen LogP contribution in [-0.2, 0) is 11.3 Å². The van der Waals surface area contributed by atoms with Gasteiger partial charge in [-0.25, -0.2) is 4.79 Å². The molecule has 1 N–H and O–H groups in total. The molecule has 5 nitrogen and oxygen atoms in total. The molecule has 0 aliphatic carbocycles. The Morgan fingerprint density at radius 2 is 1.92 bits per heavy atom. The van der Waals surface area contributed by atoms with Crippen molar-refractivity contribution in [1.82, 2.24) is 10.2 Å². The second kappa shape index (κ2) is 8.01. The number of urea groups is 1. The van der Waals surface area contributed by atoms with Crippen LogP contribution in [0, 0.1) is 0 Å². The first-order valence-corrected chi connectivity index (χ1v) is 8.79. The normalized spacial score (nSPS) is 15.3. The number of carbonyl (C=O) groups is 2. The predicted octanol–water partition coefficient (Wildman–Crippen LogP) is 4.11. The van der Waals surface area contributed by atoms with Gasteiger partial charge in [0.25, 0.3) is 5.91 Å². The van der Waals surface area contributed by atoms with Gasteiger partial charge >= 0.3 is 6.03 Å². The Kier molecular flexibility index (Phi) is 5.53. The van der Waals surface area contributed by atoms with E-state index in [1.54, 1.807) is 18.2 Å². The Hall–Kier alpha value is -2.86. The average molecular weight is 413 g/mol. The second-order valence-electron chi connectivity index (χ2n) is 5.65. The summed E-state index contributed by atoms with van der Waals surface area (Å²) in [5.41, 5.74) is 1.79. The van der Waals surface area contributed by atoms with Gasteiger partial charge in [0.15, 0.2) is 0 Å². The summed E-state index contributed by atoms with van der Waals surface area (Å²) in [4.78, 5) is 26.0. The summed E-state index contributed by atoms with van der Waals surface area (Å²) in [6, 6.07) is 14.4. The summed E-state index contributed by atoms with van der Waals surface area (Å²) in [7, 11) is 0. The molecule has 132 valence electrons. The molecule has 0 atom stereocenters. The van der Waals surface area contributed by atoms with Crippen molar-refractivity contribution in [2.45, 2.75) is 6.54 Å². The highest BCUT2D eigenvalue weighted by atomic mass is 79.9. The number of benzene rings is 2. The van der Waals surface area contributed by atoms with Gasteiger partial charge in [-0.1, -0.05) is 58.9 Å². The van der Waals surface area contributed by atoms with Crippen LogP contribution in [0.5, 0.6) is 5.75 Å². The molecule has 6 heteroatoms. The van der Waals surface area contributed by atoms with Crippen molar-refractivity contribution in [1.29, 1.82) is 0 Å². The summed E-state index contributed by atoms with van der Waals surface area (Å²) >= 11 is 3.41. The minimum absolute atomic E-state index is 0.215. The van der Waals surface area contributed by atoms with Gasteiger partial charge in [0.1, 0.15) is 18.1 Å². The van der Waals surface area contributed by atoms with Crippen LogP contribution in [0.25, 0.3) is 6.08 Å². The Morgan fingerprint density at radius 1 is 1.15 bits per heavy atom. The molecule has 0 unspecified atom stereocenters. The van der Waals surface area contributed by atoms with Crippen LogP contribution in [0.3, 0.4) is 0 Å². The number of nitrogens with zero attached hydrogens (tertiary/aromatic N) is 1. The van der Waals surface area contributed by atoms with Crippen LogP contribution < -0.4 is 10.1 Å². The van der Waals surface area contributed by atoms with Gasteiger partial charge in [0.2, 0.25) is 0 Å². The van der Waals surface area contributed by atoms with Gasteiger partial charge in [-0.05, 0) is 29.8 Å². The molecule has 0 saturated carbocycles. The Bertz CT molecular complexity index is 878. The molecule has 1 heterocycles. The van der Waals surface area contributed by atoms with Crippen molar-refractivity contribution in [2.75, 3.05) is 6.61 Å². The summed E-state index contributed by atoms with van der Waals surface area (Å²) in [5, 5.41) is 2.63. The van der Waals surface area contributed by atoms with Gasteiger partial charge in [-0.3, -0.25) is 9.69 Å². The Morgan fingerprint density at radius 3 is 2.65 bits per heavy atom. The lowest BCUT2D eigenvalue weighted by atomic mass is 10.1. The number of amides is 3. The highest BCUT2D eigenvalue weighted by Crippen LogP contribution is 2.27. The van der Waals surface area contributed by atoms with E-state index in [0.717, 1.165) is 10.0 Å². The summed E-state index contributed by atoms with van der Waals surface area (Å²) < 4.78 is 6.46. The maximum atomic E-state index is 12.6. The molecule has 2 aromatic rings. The molecule has 1 aliphatic heterocycles. The van der Waals surface area contributed by atoms with Gasteiger partial charge in [-0.2, -0.15) is 0 Å². The van der Waals surface area contributed by atoms with E-state index in [2.05, 4.69) is 27.8 Å². The summed E-state index contributed by atoms with van der Waals surface area (Å²) in [6.45, 7) is 4.20. The number of hydrogen-bond donors (Lipinski definition) is 1. The number of hydrogen-bond acceptors (Lipinski definition) is 3. The van der Waals surface area contributed by atoms with E-state index >= 15 is 0 Å². The quantitative estimate of drug-likeness (QED) is 0.441. The van der Waals surface area contributed by atoms with Gasteiger partial charge in [-0.15, -0.1) is 0 Å². The van der Waals surface area contributed by atoms with Gasteiger partial charge < -0.3 is 10.1 Å². The van der Waals surface area contributed by atoms with E-state index < -0.39 is 6.03 Å².